The minimum absolute atomic E-state index is 0.0389. The molecule has 78 heavy (non-hydrogen) atoms. The summed E-state index contributed by atoms with van der Waals surface area (Å²) < 4.78 is 40.2. The van der Waals surface area contributed by atoms with Crippen molar-refractivity contribution in [2.45, 2.75) is 26.2 Å². The summed E-state index contributed by atoms with van der Waals surface area (Å²) >= 11 is 0. The first kappa shape index (κ1) is 44.3. The molecule has 0 saturated carbocycles. The standard InChI is InChI=1S/C68H45BN4O5/c1-68(2,3)43-33-34-70-61(37-43)73-53-26-10-7-21-49(53)50-32-31-46(39-56(50)73)74-45-20-15-19-44(38-45)71-40-72(55-28-12-11-27-54(55)71)65-47(41-17-5-4-6-18-41)24-16-25-48(65)42-35-59-64-60(36-42)78-67-63(52-23-9-14-30-58(52)76-67)69(64)62-51-22-8-13-29-57(51)75-66(62)77-59/h4-39H,1-3H3. The first-order valence-electron chi connectivity index (χ1n) is 26.3. The molecule has 0 saturated heterocycles. The van der Waals surface area contributed by atoms with E-state index in [-0.39, 0.29) is 12.1 Å². The zero-order valence-electron chi connectivity index (χ0n) is 42.7. The molecule has 2 aliphatic rings. The van der Waals surface area contributed by atoms with E-state index in [1.54, 1.807) is 0 Å². The molecule has 370 valence electrons. The van der Waals surface area contributed by atoms with Gasteiger partial charge in [0.1, 0.15) is 40.0 Å². The molecule has 0 atom stereocenters. The Morgan fingerprint density at radius 3 is 1.86 bits per heavy atom. The number of hydrogen-bond acceptors (Lipinski definition) is 6. The lowest BCUT2D eigenvalue weighted by molar-refractivity contribution is -0.571. The second-order valence-corrected chi connectivity index (χ2v) is 21.2. The normalized spacial score (nSPS) is 12.7. The van der Waals surface area contributed by atoms with Crippen LogP contribution in [0.15, 0.2) is 227 Å². The fourth-order valence-electron chi connectivity index (χ4n) is 12.0. The minimum Gasteiger partial charge on any atom is -0.458 e. The van der Waals surface area contributed by atoms with Crippen molar-refractivity contribution in [2.75, 3.05) is 0 Å². The highest BCUT2D eigenvalue weighted by molar-refractivity contribution is 7.00. The third kappa shape index (κ3) is 6.75. The topological polar surface area (TPSA) is 80.6 Å². The average Bonchev–Trinajstić information content (AvgIpc) is 4.16. The van der Waals surface area contributed by atoms with E-state index in [9.17, 15) is 0 Å². The molecule has 7 heterocycles. The molecule has 14 aromatic rings. The Labute approximate surface area is 448 Å². The highest BCUT2D eigenvalue weighted by Crippen LogP contribution is 2.45. The van der Waals surface area contributed by atoms with Gasteiger partial charge in [-0.05, 0) is 106 Å². The minimum atomic E-state index is -0.262. The molecule has 0 fully saturated rings. The van der Waals surface area contributed by atoms with Gasteiger partial charge in [-0.3, -0.25) is 13.7 Å². The molecular weight excluding hydrogens is 964 g/mol. The quantitative estimate of drug-likeness (QED) is 0.0899. The van der Waals surface area contributed by atoms with Gasteiger partial charge in [-0.1, -0.05) is 154 Å². The van der Waals surface area contributed by atoms with Crippen LogP contribution in [0.25, 0.3) is 94.2 Å². The van der Waals surface area contributed by atoms with Crippen LogP contribution in [-0.2, 0) is 5.41 Å². The Kier molecular flexibility index (Phi) is 9.49. The van der Waals surface area contributed by atoms with Crippen molar-refractivity contribution in [3.8, 4) is 74.3 Å². The van der Waals surface area contributed by atoms with Gasteiger partial charge in [-0.2, -0.15) is 0 Å². The van der Waals surface area contributed by atoms with E-state index in [1.165, 1.54) is 5.56 Å². The Morgan fingerprint density at radius 1 is 0.513 bits per heavy atom. The summed E-state index contributed by atoms with van der Waals surface area (Å²) in [5.74, 6) is 4.52. The second kappa shape index (κ2) is 16.7. The van der Waals surface area contributed by atoms with E-state index < -0.39 is 0 Å². The van der Waals surface area contributed by atoms with Crippen molar-refractivity contribution in [3.05, 3.63) is 230 Å². The SMILES string of the molecule is CC(C)(C)c1ccnc(-n2c3ccccc3c3ccc(Oc4cccc(-n5[c-][n+](-c6c(-c7ccccc7)cccc6-c6cc7c8c(c6)Oc6oc9ccccc9c6B8c6c(oc8ccccc68)O7)c6ccccc65)c4)cc32)c1. The second-order valence-electron chi connectivity index (χ2n) is 21.2. The maximum Gasteiger partial charge on any atom is 0.285 e. The molecule has 0 bridgehead atoms. The van der Waals surface area contributed by atoms with E-state index in [0.29, 0.717) is 34.9 Å². The van der Waals surface area contributed by atoms with E-state index in [4.69, 9.17) is 28.0 Å². The van der Waals surface area contributed by atoms with Gasteiger partial charge in [-0.25, -0.2) is 4.98 Å². The smallest absolute Gasteiger partial charge is 0.285 e. The van der Waals surface area contributed by atoms with E-state index >= 15 is 0 Å². The third-order valence-electron chi connectivity index (χ3n) is 15.6. The number of para-hydroxylation sites is 6. The van der Waals surface area contributed by atoms with Gasteiger partial charge in [-0.15, -0.1) is 0 Å². The van der Waals surface area contributed by atoms with Crippen LogP contribution in [0.4, 0.5) is 0 Å². The number of furan rings is 2. The highest BCUT2D eigenvalue weighted by Gasteiger charge is 2.46. The van der Waals surface area contributed by atoms with Gasteiger partial charge in [0.25, 0.3) is 24.9 Å². The Balaban J connectivity index is 0.836. The van der Waals surface area contributed by atoms with Gasteiger partial charge >= 0.3 is 0 Å². The van der Waals surface area contributed by atoms with E-state index in [1.807, 2.05) is 66.9 Å². The van der Waals surface area contributed by atoms with Crippen molar-refractivity contribution < 1.29 is 27.6 Å². The Bertz CT molecular complexity index is 4680. The molecule has 0 N–H and O–H groups in total. The molecule has 16 rings (SSSR count). The van der Waals surface area contributed by atoms with Crippen molar-refractivity contribution in [2.24, 2.45) is 0 Å². The molecule has 5 aromatic heterocycles. The van der Waals surface area contributed by atoms with Crippen LogP contribution in [0, 0.1) is 6.33 Å². The summed E-state index contributed by atoms with van der Waals surface area (Å²) in [6, 6.07) is 73.2. The number of imidazole rings is 1. The number of aromatic nitrogens is 4. The van der Waals surface area contributed by atoms with Crippen molar-refractivity contribution >= 4 is 77.9 Å². The summed E-state index contributed by atoms with van der Waals surface area (Å²) in [5, 5.41) is 4.27. The maximum absolute atomic E-state index is 6.89. The van der Waals surface area contributed by atoms with Crippen molar-refractivity contribution in [1.82, 2.24) is 14.1 Å². The fraction of sp³-hybridized carbons (Fsp3) is 0.0588. The summed E-state index contributed by atoms with van der Waals surface area (Å²) in [4.78, 5) is 4.90. The van der Waals surface area contributed by atoms with Gasteiger partial charge in [0.15, 0.2) is 0 Å². The van der Waals surface area contributed by atoms with Crippen LogP contribution < -0.4 is 35.2 Å². The van der Waals surface area contributed by atoms with Crippen molar-refractivity contribution in [1.29, 1.82) is 0 Å². The molecule has 9 aromatic carbocycles. The zero-order valence-corrected chi connectivity index (χ0v) is 42.7. The molecule has 10 heteroatoms. The number of rotatable bonds is 7. The Hall–Kier alpha value is -10.1. The maximum atomic E-state index is 6.89. The van der Waals surface area contributed by atoms with Crippen molar-refractivity contribution in [3.63, 3.8) is 0 Å². The lowest BCUT2D eigenvalue weighted by Crippen LogP contribution is -2.56. The zero-order chi connectivity index (χ0) is 51.8. The van der Waals surface area contributed by atoms with Crippen LogP contribution in [0.2, 0.25) is 0 Å². The summed E-state index contributed by atoms with van der Waals surface area (Å²) in [5.41, 5.74) is 15.3. The number of nitrogens with zero attached hydrogens (tertiary/aromatic N) is 4. The summed E-state index contributed by atoms with van der Waals surface area (Å²) in [7, 11) is 0. The van der Waals surface area contributed by atoms with E-state index in [2.05, 4.69) is 192 Å². The van der Waals surface area contributed by atoms with Crippen LogP contribution in [0.3, 0.4) is 0 Å². The number of ether oxygens (including phenoxy) is 3. The number of benzene rings is 9. The predicted molar refractivity (Wildman–Crippen MR) is 309 cm³/mol. The van der Waals surface area contributed by atoms with E-state index in [0.717, 1.165) is 111 Å². The highest BCUT2D eigenvalue weighted by atomic mass is 16.6. The fourth-order valence-corrected chi connectivity index (χ4v) is 12.0. The first-order chi connectivity index (χ1) is 38.3. The van der Waals surface area contributed by atoms with Gasteiger partial charge in [0.05, 0.1) is 33.4 Å². The molecule has 0 amide bonds. The third-order valence-corrected chi connectivity index (χ3v) is 15.6. The number of hydrogen-bond donors (Lipinski definition) is 0. The molecule has 0 aliphatic carbocycles. The van der Waals surface area contributed by atoms with Gasteiger partial charge < -0.3 is 23.0 Å². The lowest BCUT2D eigenvalue weighted by Gasteiger charge is -2.29. The summed E-state index contributed by atoms with van der Waals surface area (Å²) in [6.45, 7) is 6.43. The Morgan fingerprint density at radius 2 is 1.13 bits per heavy atom. The van der Waals surface area contributed by atoms with Crippen LogP contribution in [0.1, 0.15) is 26.3 Å². The molecule has 2 aliphatic heterocycles. The average molecular weight is 1010 g/mol. The molecule has 0 spiro atoms. The lowest BCUT2D eigenvalue weighted by atomic mass is 9.35. The molecular formula is C68H45BN4O5. The molecule has 0 unspecified atom stereocenters. The first-order valence-corrected chi connectivity index (χ1v) is 26.3. The largest absolute Gasteiger partial charge is 0.458 e. The predicted octanol–water partition coefficient (Wildman–Crippen LogP) is 14.8. The molecule has 0 radical (unpaired) electrons. The number of fused-ring (bicyclic) bond motifs is 12. The van der Waals surface area contributed by atoms with Crippen LogP contribution >= 0.6 is 0 Å². The monoisotopic (exact) mass is 1010 g/mol. The van der Waals surface area contributed by atoms with Gasteiger partial charge in [0, 0.05) is 50.2 Å². The number of pyridine rings is 1. The van der Waals surface area contributed by atoms with Crippen LogP contribution in [0.5, 0.6) is 34.9 Å². The van der Waals surface area contributed by atoms with Gasteiger partial charge in [0.2, 0.25) is 0 Å². The molecule has 9 nitrogen and oxygen atoms in total. The summed E-state index contributed by atoms with van der Waals surface area (Å²) in [6.07, 6.45) is 5.76. The van der Waals surface area contributed by atoms with Crippen LogP contribution in [-0.4, -0.2) is 20.8 Å².